The molecule has 2 heterocycles. The van der Waals surface area contributed by atoms with Crippen molar-refractivity contribution in [3.05, 3.63) is 41.7 Å². The van der Waals surface area contributed by atoms with Crippen molar-refractivity contribution in [3.63, 3.8) is 0 Å². The minimum Gasteiger partial charge on any atom is -0.383 e. The van der Waals surface area contributed by atoms with E-state index in [0.717, 1.165) is 23.1 Å². The van der Waals surface area contributed by atoms with E-state index in [9.17, 15) is 4.79 Å². The van der Waals surface area contributed by atoms with Gasteiger partial charge in [0.15, 0.2) is 5.78 Å². The van der Waals surface area contributed by atoms with Crippen LogP contribution in [0.1, 0.15) is 23.0 Å². The average molecular weight is 283 g/mol. The molecule has 2 aromatic heterocycles. The van der Waals surface area contributed by atoms with Gasteiger partial charge in [0.2, 0.25) is 0 Å². The van der Waals surface area contributed by atoms with Crippen molar-refractivity contribution in [3.8, 4) is 0 Å². The van der Waals surface area contributed by atoms with Gasteiger partial charge in [0.05, 0.1) is 29.4 Å². The highest BCUT2D eigenvalue weighted by Crippen LogP contribution is 2.21. The number of fused-ring (bicyclic) bond motifs is 1. The van der Waals surface area contributed by atoms with Gasteiger partial charge >= 0.3 is 0 Å². The molecule has 0 amide bonds. The summed E-state index contributed by atoms with van der Waals surface area (Å²) < 4.78 is 3.40. The zero-order valence-electron chi connectivity index (χ0n) is 12.1. The number of nitrogens with zero attached hydrogens (tertiary/aromatic N) is 4. The molecule has 0 atom stereocenters. The molecule has 0 aliphatic heterocycles. The molecule has 6 heteroatoms. The highest BCUT2D eigenvalue weighted by molar-refractivity contribution is 6.02. The number of nitrogen functional groups attached to an aromatic ring is 1. The van der Waals surface area contributed by atoms with Gasteiger partial charge in [-0.2, -0.15) is 10.2 Å². The van der Waals surface area contributed by atoms with Crippen LogP contribution in [0.3, 0.4) is 0 Å². The van der Waals surface area contributed by atoms with Crippen LogP contribution in [0, 0.1) is 0 Å². The van der Waals surface area contributed by atoms with E-state index in [0.29, 0.717) is 11.4 Å². The number of anilines is 1. The Morgan fingerprint density at radius 2 is 2.10 bits per heavy atom. The summed E-state index contributed by atoms with van der Waals surface area (Å²) in [6.07, 6.45) is 1.74. The fourth-order valence-electron chi connectivity index (χ4n) is 2.48. The van der Waals surface area contributed by atoms with Crippen LogP contribution in [0.25, 0.3) is 10.9 Å². The lowest BCUT2D eigenvalue weighted by atomic mass is 10.1. The van der Waals surface area contributed by atoms with Crippen LogP contribution in [0.5, 0.6) is 0 Å². The Balaban J connectivity index is 1.98. The lowest BCUT2D eigenvalue weighted by Gasteiger charge is -1.99. The molecule has 0 aliphatic rings. The molecule has 3 rings (SSSR count). The molecule has 3 aromatic rings. The molecule has 2 N–H and O–H groups in total. The summed E-state index contributed by atoms with van der Waals surface area (Å²) in [5.74, 6) is 0.325. The molecule has 0 unspecified atom stereocenters. The normalized spacial score (nSPS) is 11.1. The smallest absolute Gasteiger partial charge is 0.174 e. The second-order valence-corrected chi connectivity index (χ2v) is 4.95. The van der Waals surface area contributed by atoms with E-state index in [1.54, 1.807) is 7.05 Å². The van der Waals surface area contributed by atoms with Crippen molar-refractivity contribution in [2.24, 2.45) is 7.05 Å². The van der Waals surface area contributed by atoms with Gasteiger partial charge in [-0.05, 0) is 13.0 Å². The molecular weight excluding hydrogens is 266 g/mol. The fourth-order valence-corrected chi connectivity index (χ4v) is 2.48. The number of rotatable bonds is 4. The Hall–Kier alpha value is -2.63. The largest absolute Gasteiger partial charge is 0.383 e. The maximum absolute atomic E-state index is 12.4. The highest BCUT2D eigenvalue weighted by Gasteiger charge is 2.18. The van der Waals surface area contributed by atoms with Crippen LogP contribution in [0.4, 0.5) is 5.82 Å². The molecule has 0 saturated heterocycles. The lowest BCUT2D eigenvalue weighted by molar-refractivity contribution is 0.0993. The van der Waals surface area contributed by atoms with Crippen LogP contribution in [0.2, 0.25) is 0 Å². The molecule has 0 bridgehead atoms. The van der Waals surface area contributed by atoms with Crippen molar-refractivity contribution in [1.29, 1.82) is 0 Å². The Morgan fingerprint density at radius 1 is 1.33 bits per heavy atom. The van der Waals surface area contributed by atoms with E-state index in [1.165, 1.54) is 10.9 Å². The van der Waals surface area contributed by atoms with E-state index < -0.39 is 0 Å². The summed E-state index contributed by atoms with van der Waals surface area (Å²) in [6, 6.07) is 7.93. The number of hydrogen-bond donors (Lipinski definition) is 1. The average Bonchev–Trinajstić information content (AvgIpc) is 3.01. The van der Waals surface area contributed by atoms with E-state index in [1.807, 2.05) is 35.9 Å². The first-order chi connectivity index (χ1) is 10.1. The van der Waals surface area contributed by atoms with E-state index in [2.05, 4.69) is 10.2 Å². The predicted molar refractivity (Wildman–Crippen MR) is 81.1 cm³/mol. The van der Waals surface area contributed by atoms with Crippen LogP contribution >= 0.6 is 0 Å². The summed E-state index contributed by atoms with van der Waals surface area (Å²) >= 11 is 0. The van der Waals surface area contributed by atoms with Gasteiger partial charge in [-0.25, -0.2) is 0 Å². The third kappa shape index (κ3) is 2.18. The van der Waals surface area contributed by atoms with Gasteiger partial charge < -0.3 is 5.73 Å². The number of carbonyl (C=O) groups is 1. The zero-order valence-corrected chi connectivity index (χ0v) is 12.1. The van der Waals surface area contributed by atoms with E-state index in [4.69, 9.17) is 5.73 Å². The number of aromatic nitrogens is 4. The van der Waals surface area contributed by atoms with Crippen LogP contribution < -0.4 is 5.73 Å². The second-order valence-electron chi connectivity index (χ2n) is 4.95. The molecule has 0 fully saturated rings. The third-order valence-electron chi connectivity index (χ3n) is 3.65. The Kier molecular flexibility index (Phi) is 3.21. The number of aryl methyl sites for hydroxylation is 2. The molecular formula is C15H17N5O. The van der Waals surface area contributed by atoms with Gasteiger partial charge in [0.1, 0.15) is 5.82 Å². The SMILES string of the molecule is CCn1nc(CC(=O)c2cnn(C)c2N)c2ccccc21. The van der Waals surface area contributed by atoms with Crippen molar-refractivity contribution in [1.82, 2.24) is 19.6 Å². The molecule has 108 valence electrons. The molecule has 0 aliphatic carbocycles. The first kappa shape index (κ1) is 13.4. The third-order valence-corrected chi connectivity index (χ3v) is 3.65. The fraction of sp³-hybridized carbons (Fsp3) is 0.267. The first-order valence-corrected chi connectivity index (χ1v) is 6.87. The topological polar surface area (TPSA) is 78.7 Å². The summed E-state index contributed by atoms with van der Waals surface area (Å²) in [5, 5.41) is 9.55. The number of hydrogen-bond acceptors (Lipinski definition) is 4. The Morgan fingerprint density at radius 3 is 2.76 bits per heavy atom. The van der Waals surface area contributed by atoms with Crippen molar-refractivity contribution in [2.75, 3.05) is 5.73 Å². The summed E-state index contributed by atoms with van der Waals surface area (Å²) in [4.78, 5) is 12.4. The maximum Gasteiger partial charge on any atom is 0.174 e. The molecule has 1 aromatic carbocycles. The number of ketones is 1. The number of carbonyl (C=O) groups excluding carboxylic acids is 1. The van der Waals surface area contributed by atoms with E-state index >= 15 is 0 Å². The minimum atomic E-state index is -0.0629. The van der Waals surface area contributed by atoms with E-state index in [-0.39, 0.29) is 12.2 Å². The lowest BCUT2D eigenvalue weighted by Crippen LogP contribution is -2.08. The first-order valence-electron chi connectivity index (χ1n) is 6.87. The Labute approximate surface area is 122 Å². The molecule has 0 saturated carbocycles. The Bertz CT molecular complexity index is 815. The number of para-hydroxylation sites is 1. The standard InChI is InChI=1S/C15H17N5O/c1-3-20-13-7-5-4-6-10(13)12(18-20)8-14(21)11-9-17-19(2)15(11)16/h4-7,9H,3,8,16H2,1-2H3. The van der Waals surface area contributed by atoms with Gasteiger partial charge in [-0.15, -0.1) is 0 Å². The van der Waals surface area contributed by atoms with Crippen LogP contribution in [-0.2, 0) is 20.0 Å². The minimum absolute atomic E-state index is 0.0629. The molecule has 0 spiro atoms. The quantitative estimate of drug-likeness (QED) is 0.740. The van der Waals surface area contributed by atoms with Crippen molar-refractivity contribution < 1.29 is 4.79 Å². The second kappa shape index (κ2) is 5.05. The maximum atomic E-state index is 12.4. The number of Topliss-reactive ketones (excluding diaryl/α,β-unsaturated/α-hetero) is 1. The number of benzene rings is 1. The van der Waals surface area contributed by atoms with Gasteiger partial charge in [-0.3, -0.25) is 14.2 Å². The molecule has 6 nitrogen and oxygen atoms in total. The van der Waals surface area contributed by atoms with Crippen LogP contribution in [-0.4, -0.2) is 25.3 Å². The monoisotopic (exact) mass is 283 g/mol. The van der Waals surface area contributed by atoms with Gasteiger partial charge in [0.25, 0.3) is 0 Å². The summed E-state index contributed by atoms with van der Waals surface area (Å²) in [6.45, 7) is 2.80. The van der Waals surface area contributed by atoms with Crippen LogP contribution in [0.15, 0.2) is 30.5 Å². The molecule has 0 radical (unpaired) electrons. The summed E-state index contributed by atoms with van der Waals surface area (Å²) in [5.41, 5.74) is 8.13. The zero-order chi connectivity index (χ0) is 15.0. The van der Waals surface area contributed by atoms with Gasteiger partial charge in [0, 0.05) is 19.0 Å². The van der Waals surface area contributed by atoms with Gasteiger partial charge in [-0.1, -0.05) is 18.2 Å². The highest BCUT2D eigenvalue weighted by atomic mass is 16.1. The van der Waals surface area contributed by atoms with Crippen molar-refractivity contribution >= 4 is 22.5 Å². The predicted octanol–water partition coefficient (Wildman–Crippen LogP) is 1.80. The van der Waals surface area contributed by atoms with Crippen molar-refractivity contribution in [2.45, 2.75) is 19.9 Å². The summed E-state index contributed by atoms with van der Waals surface area (Å²) in [7, 11) is 1.72. The number of nitrogens with two attached hydrogens (primary N) is 1. The molecule has 21 heavy (non-hydrogen) atoms.